The number of para-hydroxylation sites is 1. The normalized spacial score (nSPS) is 10.8. The summed E-state index contributed by atoms with van der Waals surface area (Å²) in [6.45, 7) is 7.33. The van der Waals surface area contributed by atoms with Gasteiger partial charge in [0.2, 0.25) is 0 Å². The van der Waals surface area contributed by atoms with Crippen molar-refractivity contribution in [2.75, 3.05) is 14.2 Å². The summed E-state index contributed by atoms with van der Waals surface area (Å²) in [5.74, 6) is -1.67. The summed E-state index contributed by atoms with van der Waals surface area (Å²) in [5.41, 5.74) is 3.64. The quantitative estimate of drug-likeness (QED) is 0.433. The largest absolute Gasteiger partial charge is 0.494 e. The lowest BCUT2D eigenvalue weighted by atomic mass is 10.1. The van der Waals surface area contributed by atoms with Crippen LogP contribution in [0.25, 0.3) is 27.3 Å². The Balaban J connectivity index is 1.63. The van der Waals surface area contributed by atoms with E-state index in [1.807, 2.05) is 18.2 Å². The average Bonchev–Trinajstić information content (AvgIpc) is 3.22. The van der Waals surface area contributed by atoms with Crippen LogP contribution in [0.15, 0.2) is 42.6 Å². The minimum absolute atomic E-state index is 0.0588. The Hall–Kier alpha value is -3.99. The van der Waals surface area contributed by atoms with E-state index in [0.717, 1.165) is 11.3 Å². The highest BCUT2D eigenvalue weighted by atomic mass is 19.1. The van der Waals surface area contributed by atoms with Gasteiger partial charge in [0.15, 0.2) is 34.5 Å². The summed E-state index contributed by atoms with van der Waals surface area (Å²) in [7, 11) is 2.63. The summed E-state index contributed by atoms with van der Waals surface area (Å²) < 4.78 is 39.1. The summed E-state index contributed by atoms with van der Waals surface area (Å²) >= 11 is 0. The van der Waals surface area contributed by atoms with E-state index in [4.69, 9.17) is 16.0 Å². The number of H-pyrrole nitrogens is 1. The van der Waals surface area contributed by atoms with Gasteiger partial charge in [0, 0.05) is 22.9 Å². The minimum atomic E-state index is -0.755. The lowest BCUT2D eigenvalue weighted by Gasteiger charge is -2.12. The predicted molar refractivity (Wildman–Crippen MR) is 112 cm³/mol. The van der Waals surface area contributed by atoms with Crippen LogP contribution < -0.4 is 9.47 Å². The molecule has 4 rings (SSSR count). The fraction of sp³-hybridized carbons (Fsp3) is 0.174. The molecule has 0 unspecified atom stereocenters. The van der Waals surface area contributed by atoms with Gasteiger partial charge in [-0.05, 0) is 18.9 Å². The van der Waals surface area contributed by atoms with Crippen molar-refractivity contribution in [3.63, 3.8) is 0 Å². The maximum atomic E-state index is 14.6. The number of hydrogen-bond acceptors (Lipinski definition) is 4. The number of rotatable bonds is 6. The molecule has 2 aromatic heterocycles. The molecule has 0 bridgehead atoms. The molecule has 0 spiro atoms. The standard InChI is InChI=1S/C23H18F2N4O2/c1-26-16-7-5-4-6-14(16)17-10-18-23(29-17)27-12-13(28-18)8-9-15-21(24)19(30-2)11-20(31-3)22(15)25/h4-7,10-12H,8-9H2,2-3H3,(H,27,29). The molecule has 0 radical (unpaired) electrons. The number of aromatic amines is 1. The van der Waals surface area contributed by atoms with Crippen LogP contribution in [0.2, 0.25) is 0 Å². The molecule has 0 fully saturated rings. The lowest BCUT2D eigenvalue weighted by Crippen LogP contribution is -2.05. The van der Waals surface area contributed by atoms with E-state index in [2.05, 4.69) is 19.8 Å². The van der Waals surface area contributed by atoms with Crippen molar-refractivity contribution in [2.24, 2.45) is 0 Å². The van der Waals surface area contributed by atoms with Crippen molar-refractivity contribution in [1.82, 2.24) is 15.0 Å². The Labute approximate surface area is 177 Å². The average molecular weight is 420 g/mol. The minimum Gasteiger partial charge on any atom is -0.494 e. The number of nitrogens with one attached hydrogen (secondary N) is 1. The molecule has 0 amide bonds. The van der Waals surface area contributed by atoms with Crippen LogP contribution in [0.3, 0.4) is 0 Å². The third kappa shape index (κ3) is 3.78. The number of methoxy groups -OCH3 is 2. The van der Waals surface area contributed by atoms with Gasteiger partial charge in [-0.2, -0.15) is 0 Å². The number of ether oxygens (including phenoxy) is 2. The maximum Gasteiger partial charge on any atom is 0.196 e. The van der Waals surface area contributed by atoms with Crippen LogP contribution in [0.4, 0.5) is 14.5 Å². The molecule has 0 aliphatic heterocycles. The van der Waals surface area contributed by atoms with Crippen molar-refractivity contribution < 1.29 is 18.3 Å². The fourth-order valence-electron chi connectivity index (χ4n) is 3.41. The predicted octanol–water partition coefficient (Wildman–Crippen LogP) is 5.26. The van der Waals surface area contributed by atoms with Crippen LogP contribution in [0, 0.1) is 18.2 Å². The van der Waals surface area contributed by atoms with Crippen LogP contribution in [-0.4, -0.2) is 29.2 Å². The second-order valence-electron chi connectivity index (χ2n) is 6.79. The molecule has 0 aliphatic rings. The lowest BCUT2D eigenvalue weighted by molar-refractivity contribution is 0.353. The summed E-state index contributed by atoms with van der Waals surface area (Å²) in [6.07, 6.45) is 1.89. The smallest absolute Gasteiger partial charge is 0.196 e. The SMILES string of the molecule is [C-]#[N+]c1ccccc1-c1cc2nc(CCc3c(F)c(OC)cc(OC)c3F)cnc2[nH]1. The molecule has 6 nitrogen and oxygen atoms in total. The first-order valence-corrected chi connectivity index (χ1v) is 9.46. The van der Waals surface area contributed by atoms with Crippen LogP contribution in [-0.2, 0) is 12.8 Å². The van der Waals surface area contributed by atoms with Crippen LogP contribution in [0.5, 0.6) is 11.5 Å². The van der Waals surface area contributed by atoms with E-state index in [1.54, 1.807) is 18.3 Å². The van der Waals surface area contributed by atoms with E-state index in [1.165, 1.54) is 20.3 Å². The van der Waals surface area contributed by atoms with Gasteiger partial charge in [-0.3, -0.25) is 0 Å². The third-order valence-electron chi connectivity index (χ3n) is 4.99. The van der Waals surface area contributed by atoms with E-state index < -0.39 is 11.6 Å². The molecule has 0 atom stereocenters. The molecule has 0 aliphatic carbocycles. The summed E-state index contributed by atoms with van der Waals surface area (Å²) in [4.78, 5) is 15.6. The highest BCUT2D eigenvalue weighted by Crippen LogP contribution is 2.33. The van der Waals surface area contributed by atoms with Gasteiger partial charge in [-0.1, -0.05) is 24.3 Å². The van der Waals surface area contributed by atoms with E-state index in [9.17, 15) is 8.78 Å². The Morgan fingerprint density at radius 1 is 1.03 bits per heavy atom. The molecule has 2 aromatic carbocycles. The van der Waals surface area contributed by atoms with Crippen LogP contribution >= 0.6 is 0 Å². The van der Waals surface area contributed by atoms with Gasteiger partial charge < -0.3 is 14.5 Å². The molecule has 2 heterocycles. The first-order valence-electron chi connectivity index (χ1n) is 9.46. The van der Waals surface area contributed by atoms with Crippen molar-refractivity contribution >= 4 is 16.9 Å². The highest BCUT2D eigenvalue weighted by molar-refractivity contribution is 5.84. The molecular weight excluding hydrogens is 402 g/mol. The number of fused-ring (bicyclic) bond motifs is 1. The molecule has 4 aromatic rings. The van der Waals surface area contributed by atoms with Crippen molar-refractivity contribution in [3.8, 4) is 22.8 Å². The van der Waals surface area contributed by atoms with E-state index in [-0.39, 0.29) is 29.9 Å². The van der Waals surface area contributed by atoms with Gasteiger partial charge >= 0.3 is 0 Å². The Bertz CT molecular complexity index is 1280. The fourth-order valence-corrected chi connectivity index (χ4v) is 3.41. The Morgan fingerprint density at radius 2 is 1.74 bits per heavy atom. The first-order chi connectivity index (χ1) is 15.0. The number of aryl methyl sites for hydroxylation is 1. The Morgan fingerprint density at radius 3 is 2.42 bits per heavy atom. The molecular formula is C23H18F2N4O2. The van der Waals surface area contributed by atoms with Crippen molar-refractivity contribution in [1.29, 1.82) is 0 Å². The zero-order chi connectivity index (χ0) is 22.0. The van der Waals surface area contributed by atoms with E-state index >= 15 is 0 Å². The zero-order valence-electron chi connectivity index (χ0n) is 16.9. The summed E-state index contributed by atoms with van der Waals surface area (Å²) in [5, 5.41) is 0. The third-order valence-corrected chi connectivity index (χ3v) is 4.99. The van der Waals surface area contributed by atoms with Gasteiger partial charge in [0.25, 0.3) is 0 Å². The van der Waals surface area contributed by atoms with Gasteiger partial charge in [-0.15, -0.1) is 0 Å². The number of nitrogens with zero attached hydrogens (tertiary/aromatic N) is 3. The molecule has 31 heavy (non-hydrogen) atoms. The van der Waals surface area contributed by atoms with E-state index in [0.29, 0.717) is 22.5 Å². The summed E-state index contributed by atoms with van der Waals surface area (Å²) in [6, 6.07) is 10.2. The molecule has 0 saturated heterocycles. The van der Waals surface area contributed by atoms with Gasteiger partial charge in [-0.25, -0.2) is 23.6 Å². The molecule has 0 saturated carbocycles. The van der Waals surface area contributed by atoms with Crippen LogP contribution in [0.1, 0.15) is 11.3 Å². The molecule has 156 valence electrons. The number of aromatic nitrogens is 3. The maximum absolute atomic E-state index is 14.6. The zero-order valence-corrected chi connectivity index (χ0v) is 16.9. The molecule has 1 N–H and O–H groups in total. The first kappa shape index (κ1) is 20.3. The van der Waals surface area contributed by atoms with Gasteiger partial charge in [0.05, 0.1) is 32.7 Å². The van der Waals surface area contributed by atoms with Crippen molar-refractivity contribution in [3.05, 3.63) is 76.9 Å². The number of hydrogen-bond donors (Lipinski definition) is 1. The highest BCUT2D eigenvalue weighted by Gasteiger charge is 2.20. The van der Waals surface area contributed by atoms with Crippen molar-refractivity contribution in [2.45, 2.75) is 12.8 Å². The second kappa shape index (κ2) is 8.40. The number of benzene rings is 2. The second-order valence-corrected chi connectivity index (χ2v) is 6.79. The van der Waals surface area contributed by atoms with Gasteiger partial charge in [0.1, 0.15) is 5.52 Å². The molecule has 8 heteroatoms. The Kier molecular flexibility index (Phi) is 5.50. The number of halogens is 2. The monoisotopic (exact) mass is 420 g/mol. The topological polar surface area (TPSA) is 64.4 Å².